The Bertz CT molecular complexity index is 373. The van der Waals surface area contributed by atoms with Crippen molar-refractivity contribution in [1.82, 2.24) is 0 Å². The first-order chi connectivity index (χ1) is 6.29. The average Bonchev–Trinajstić information content (AvgIpc) is 2.18. The van der Waals surface area contributed by atoms with Gasteiger partial charge in [-0.25, -0.2) is 4.79 Å². The Labute approximate surface area is 77.6 Å². The molecule has 0 unspecified atom stereocenters. The molecule has 1 aromatic carbocycles. The van der Waals surface area contributed by atoms with Gasteiger partial charge < -0.3 is 0 Å². The smallest absolute Gasteiger partial charge is 0.211 e. The van der Waals surface area contributed by atoms with Crippen molar-refractivity contribution in [1.29, 1.82) is 0 Å². The van der Waals surface area contributed by atoms with Crippen LogP contribution in [0.25, 0.3) is 5.57 Å². The second-order valence-corrected chi connectivity index (χ2v) is 2.69. The lowest BCUT2D eigenvalue weighted by molar-refractivity contribution is 0.565. The van der Waals surface area contributed by atoms with E-state index in [9.17, 15) is 4.79 Å². The van der Waals surface area contributed by atoms with Crippen LogP contribution in [0.15, 0.2) is 35.3 Å². The van der Waals surface area contributed by atoms with Gasteiger partial charge in [-0.05, 0) is 25.5 Å². The zero-order chi connectivity index (χ0) is 9.68. The zero-order valence-electron chi connectivity index (χ0n) is 7.74. The summed E-state index contributed by atoms with van der Waals surface area (Å²) < 4.78 is 0. The van der Waals surface area contributed by atoms with Gasteiger partial charge in [0.1, 0.15) is 0 Å². The number of rotatable bonds is 2. The number of hydrogen-bond donors (Lipinski definition) is 0. The fraction of sp³-hybridized carbons (Fsp3) is 0.182. The van der Waals surface area contributed by atoms with Gasteiger partial charge in [-0.15, -0.1) is 0 Å². The zero-order valence-corrected chi connectivity index (χ0v) is 7.74. The standard InChI is InChI=1S/C11H11NO/c1-3-9(2)10-6-4-5-7-11(10)12-8-13/h3-7H,1-2H3/b9-3+. The molecule has 0 bridgehead atoms. The minimum atomic E-state index is 0.674. The predicted octanol–water partition coefficient (Wildman–Crippen LogP) is 3.08. The van der Waals surface area contributed by atoms with E-state index in [2.05, 4.69) is 4.99 Å². The number of benzene rings is 1. The highest BCUT2D eigenvalue weighted by Gasteiger charge is 2.00. The maximum atomic E-state index is 10.1. The first kappa shape index (κ1) is 9.43. The second kappa shape index (κ2) is 4.39. The molecular formula is C11H11NO. The van der Waals surface area contributed by atoms with Crippen molar-refractivity contribution in [2.24, 2.45) is 4.99 Å². The van der Waals surface area contributed by atoms with Crippen LogP contribution >= 0.6 is 0 Å². The summed E-state index contributed by atoms with van der Waals surface area (Å²) in [5.74, 6) is 0. The summed E-state index contributed by atoms with van der Waals surface area (Å²) in [4.78, 5) is 13.8. The van der Waals surface area contributed by atoms with E-state index in [1.54, 1.807) is 12.1 Å². The van der Waals surface area contributed by atoms with Crippen LogP contribution in [0.2, 0.25) is 0 Å². The molecule has 13 heavy (non-hydrogen) atoms. The third kappa shape index (κ3) is 2.14. The fourth-order valence-electron chi connectivity index (χ4n) is 1.11. The number of para-hydroxylation sites is 1. The molecule has 1 aromatic rings. The summed E-state index contributed by atoms with van der Waals surface area (Å²) in [6.07, 6.45) is 3.54. The Hall–Kier alpha value is -1.66. The van der Waals surface area contributed by atoms with Crippen LogP contribution in [0.4, 0.5) is 5.69 Å². The Kier molecular flexibility index (Phi) is 3.18. The van der Waals surface area contributed by atoms with Crippen molar-refractivity contribution in [2.45, 2.75) is 13.8 Å². The Morgan fingerprint density at radius 2 is 2.15 bits per heavy atom. The van der Waals surface area contributed by atoms with Crippen LogP contribution < -0.4 is 0 Å². The maximum Gasteiger partial charge on any atom is 0.240 e. The highest BCUT2D eigenvalue weighted by atomic mass is 16.1. The first-order valence-corrected chi connectivity index (χ1v) is 4.09. The van der Waals surface area contributed by atoms with Gasteiger partial charge in [-0.1, -0.05) is 24.3 Å². The lowest BCUT2D eigenvalue weighted by atomic mass is 10.1. The van der Waals surface area contributed by atoms with Gasteiger partial charge in [0.15, 0.2) is 0 Å². The van der Waals surface area contributed by atoms with Crippen molar-refractivity contribution < 1.29 is 4.79 Å². The molecule has 0 saturated carbocycles. The highest BCUT2D eigenvalue weighted by Crippen LogP contribution is 2.24. The molecule has 0 atom stereocenters. The molecule has 0 saturated heterocycles. The number of allylic oxidation sites excluding steroid dienone is 2. The molecule has 0 aliphatic carbocycles. The molecule has 1 rings (SSSR count). The molecule has 2 heteroatoms. The molecule has 0 aliphatic heterocycles. The topological polar surface area (TPSA) is 29.4 Å². The number of aliphatic imine (C=N–C) groups is 1. The minimum absolute atomic E-state index is 0.674. The van der Waals surface area contributed by atoms with E-state index < -0.39 is 0 Å². The second-order valence-electron chi connectivity index (χ2n) is 2.69. The van der Waals surface area contributed by atoms with Gasteiger partial charge in [0.05, 0.1) is 5.69 Å². The molecule has 2 nitrogen and oxygen atoms in total. The SMILES string of the molecule is C/C=C(\C)c1ccccc1N=C=O. The van der Waals surface area contributed by atoms with Gasteiger partial charge in [-0.3, -0.25) is 0 Å². The molecule has 0 fully saturated rings. The van der Waals surface area contributed by atoms with Crippen molar-refractivity contribution in [3.63, 3.8) is 0 Å². The quantitative estimate of drug-likeness (QED) is 0.499. The number of hydrogen-bond acceptors (Lipinski definition) is 2. The molecule has 0 spiro atoms. The van der Waals surface area contributed by atoms with Crippen molar-refractivity contribution in [3.8, 4) is 0 Å². The summed E-state index contributed by atoms with van der Waals surface area (Å²) in [5, 5.41) is 0. The van der Waals surface area contributed by atoms with Crippen molar-refractivity contribution >= 4 is 17.3 Å². The van der Waals surface area contributed by atoms with Gasteiger partial charge in [0.2, 0.25) is 6.08 Å². The van der Waals surface area contributed by atoms with Gasteiger partial charge in [0, 0.05) is 5.56 Å². The summed E-state index contributed by atoms with van der Waals surface area (Å²) in [6, 6.07) is 7.51. The van der Waals surface area contributed by atoms with E-state index >= 15 is 0 Å². The molecular weight excluding hydrogens is 162 g/mol. The van der Waals surface area contributed by atoms with Crippen LogP contribution in [0.3, 0.4) is 0 Å². The van der Waals surface area contributed by atoms with E-state index in [4.69, 9.17) is 0 Å². The van der Waals surface area contributed by atoms with E-state index in [0.717, 1.165) is 11.1 Å². The third-order valence-corrected chi connectivity index (χ3v) is 1.93. The number of nitrogens with zero attached hydrogens (tertiary/aromatic N) is 1. The van der Waals surface area contributed by atoms with Crippen molar-refractivity contribution in [2.75, 3.05) is 0 Å². The van der Waals surface area contributed by atoms with Crippen molar-refractivity contribution in [3.05, 3.63) is 35.9 Å². The molecule has 0 heterocycles. The Morgan fingerprint density at radius 3 is 2.77 bits per heavy atom. The van der Waals surface area contributed by atoms with Gasteiger partial charge in [-0.2, -0.15) is 4.99 Å². The molecule has 0 aromatic heterocycles. The first-order valence-electron chi connectivity index (χ1n) is 4.09. The van der Waals surface area contributed by atoms with E-state index in [1.807, 2.05) is 38.1 Å². The summed E-state index contributed by atoms with van der Waals surface area (Å²) in [5.41, 5.74) is 2.76. The third-order valence-electron chi connectivity index (χ3n) is 1.93. The van der Waals surface area contributed by atoms with Crippen LogP contribution in [0, 0.1) is 0 Å². The van der Waals surface area contributed by atoms with E-state index in [0.29, 0.717) is 5.69 Å². The summed E-state index contributed by atoms with van der Waals surface area (Å²) in [7, 11) is 0. The average molecular weight is 173 g/mol. The lowest BCUT2D eigenvalue weighted by Crippen LogP contribution is -1.79. The van der Waals surface area contributed by atoms with Crippen LogP contribution in [0.1, 0.15) is 19.4 Å². The van der Waals surface area contributed by atoms with E-state index in [1.165, 1.54) is 0 Å². The molecule has 66 valence electrons. The molecule has 0 radical (unpaired) electrons. The maximum absolute atomic E-state index is 10.1. The highest BCUT2D eigenvalue weighted by molar-refractivity contribution is 5.74. The summed E-state index contributed by atoms with van der Waals surface area (Å²) >= 11 is 0. The van der Waals surface area contributed by atoms with Crippen LogP contribution in [-0.2, 0) is 4.79 Å². The van der Waals surface area contributed by atoms with E-state index in [-0.39, 0.29) is 0 Å². The van der Waals surface area contributed by atoms with Gasteiger partial charge in [0.25, 0.3) is 0 Å². The normalized spacial score (nSPS) is 10.8. The Morgan fingerprint density at radius 1 is 1.46 bits per heavy atom. The fourth-order valence-corrected chi connectivity index (χ4v) is 1.11. The summed E-state index contributed by atoms with van der Waals surface area (Å²) in [6.45, 7) is 3.94. The van der Waals surface area contributed by atoms with Gasteiger partial charge >= 0.3 is 0 Å². The molecule has 0 N–H and O–H groups in total. The number of isocyanates is 1. The lowest BCUT2D eigenvalue weighted by Gasteiger charge is -2.02. The number of carbonyl (C=O) groups excluding carboxylic acids is 1. The Balaban J connectivity index is 3.27. The minimum Gasteiger partial charge on any atom is -0.211 e. The predicted molar refractivity (Wildman–Crippen MR) is 53.5 cm³/mol. The van der Waals surface area contributed by atoms with Crippen LogP contribution in [0.5, 0.6) is 0 Å². The molecule has 0 aliphatic rings. The van der Waals surface area contributed by atoms with Crippen LogP contribution in [-0.4, -0.2) is 6.08 Å². The monoisotopic (exact) mass is 173 g/mol. The molecule has 0 amide bonds. The largest absolute Gasteiger partial charge is 0.240 e.